The van der Waals surface area contributed by atoms with Gasteiger partial charge in [0.05, 0.1) is 0 Å². The zero-order valence-electron chi connectivity index (χ0n) is 14.8. The van der Waals surface area contributed by atoms with Gasteiger partial charge in [0.15, 0.2) is 0 Å². The molecule has 1 heterocycles. The average molecular weight is 335 g/mol. The van der Waals surface area contributed by atoms with Crippen LogP contribution in [0.1, 0.15) is 42.6 Å². The molecule has 0 unspecified atom stereocenters. The van der Waals surface area contributed by atoms with E-state index < -0.39 is 0 Å². The van der Waals surface area contributed by atoms with Crippen LogP contribution in [0.15, 0.2) is 53.1 Å². The van der Waals surface area contributed by atoms with E-state index in [1.54, 1.807) is 6.92 Å². The molecule has 1 aromatic heterocycles. The molecule has 0 fully saturated rings. The second-order valence-corrected chi connectivity index (χ2v) is 7.00. The van der Waals surface area contributed by atoms with E-state index in [1.807, 2.05) is 48.5 Å². The van der Waals surface area contributed by atoms with Crippen molar-refractivity contribution in [3.8, 4) is 11.4 Å². The summed E-state index contributed by atoms with van der Waals surface area (Å²) >= 11 is 0. The topological polar surface area (TPSA) is 68.0 Å². The maximum atomic E-state index is 12.5. The zero-order chi connectivity index (χ0) is 18.0. The minimum absolute atomic E-state index is 0.0616. The second kappa shape index (κ2) is 6.51. The number of aromatic nitrogens is 2. The van der Waals surface area contributed by atoms with Gasteiger partial charge < -0.3 is 9.84 Å². The first kappa shape index (κ1) is 16.9. The van der Waals surface area contributed by atoms with E-state index in [0.29, 0.717) is 23.0 Å². The van der Waals surface area contributed by atoms with Gasteiger partial charge in [0.1, 0.15) is 0 Å². The van der Waals surface area contributed by atoms with Crippen molar-refractivity contribution in [2.24, 2.45) is 0 Å². The number of amides is 1. The van der Waals surface area contributed by atoms with Gasteiger partial charge in [-0.25, -0.2) is 0 Å². The monoisotopic (exact) mass is 335 g/mol. The minimum Gasteiger partial charge on any atom is -0.339 e. The van der Waals surface area contributed by atoms with Gasteiger partial charge in [-0.05, 0) is 35.2 Å². The molecule has 3 rings (SSSR count). The quantitative estimate of drug-likeness (QED) is 0.760. The standard InChI is InChI=1S/C20H21N3O2/c1-13-21-18(23-25-13)15-6-5-7-17(12-15)22-19(24)14-8-10-16(11-9-14)20(2,3)4/h5-12H,1-4H3,(H,22,24). The Labute approximate surface area is 147 Å². The van der Waals surface area contributed by atoms with Crippen LogP contribution >= 0.6 is 0 Å². The van der Waals surface area contributed by atoms with Crippen LogP contribution in [0.4, 0.5) is 5.69 Å². The van der Waals surface area contributed by atoms with Crippen molar-refractivity contribution in [1.29, 1.82) is 0 Å². The summed E-state index contributed by atoms with van der Waals surface area (Å²) in [5.74, 6) is 0.855. The zero-order valence-corrected chi connectivity index (χ0v) is 14.8. The lowest BCUT2D eigenvalue weighted by atomic mass is 9.87. The van der Waals surface area contributed by atoms with Crippen LogP contribution in [0.25, 0.3) is 11.4 Å². The lowest BCUT2D eigenvalue weighted by Gasteiger charge is -2.19. The van der Waals surface area contributed by atoms with Crippen molar-refractivity contribution in [2.75, 3.05) is 5.32 Å². The second-order valence-electron chi connectivity index (χ2n) is 7.00. The third-order valence-corrected chi connectivity index (χ3v) is 3.92. The van der Waals surface area contributed by atoms with Gasteiger partial charge in [0.25, 0.3) is 5.91 Å². The fourth-order valence-corrected chi connectivity index (χ4v) is 2.48. The first-order valence-corrected chi connectivity index (χ1v) is 8.15. The van der Waals surface area contributed by atoms with E-state index in [9.17, 15) is 4.79 Å². The molecule has 0 bridgehead atoms. The lowest BCUT2D eigenvalue weighted by Crippen LogP contribution is -2.14. The van der Waals surface area contributed by atoms with Gasteiger partial charge in [0.2, 0.25) is 11.7 Å². The van der Waals surface area contributed by atoms with Crippen LogP contribution in [0.5, 0.6) is 0 Å². The smallest absolute Gasteiger partial charge is 0.255 e. The van der Waals surface area contributed by atoms with E-state index >= 15 is 0 Å². The molecule has 0 aliphatic carbocycles. The summed E-state index contributed by atoms with van der Waals surface area (Å²) in [7, 11) is 0. The molecule has 5 heteroatoms. The van der Waals surface area contributed by atoms with Crippen LogP contribution in [0.2, 0.25) is 0 Å². The third kappa shape index (κ3) is 3.94. The summed E-state index contributed by atoms with van der Waals surface area (Å²) in [6.07, 6.45) is 0. The molecule has 0 atom stereocenters. The predicted molar refractivity (Wildman–Crippen MR) is 97.6 cm³/mol. The molecule has 5 nitrogen and oxygen atoms in total. The maximum absolute atomic E-state index is 12.5. The number of carbonyl (C=O) groups excluding carboxylic acids is 1. The number of carbonyl (C=O) groups is 1. The van der Waals surface area contributed by atoms with Crippen molar-refractivity contribution < 1.29 is 9.32 Å². The molecule has 0 radical (unpaired) electrons. The number of benzene rings is 2. The van der Waals surface area contributed by atoms with Crippen LogP contribution in [-0.2, 0) is 5.41 Å². The van der Waals surface area contributed by atoms with Gasteiger partial charge in [-0.3, -0.25) is 4.79 Å². The molecule has 2 aromatic carbocycles. The van der Waals surface area contributed by atoms with E-state index in [2.05, 4.69) is 36.2 Å². The molecule has 25 heavy (non-hydrogen) atoms. The summed E-state index contributed by atoms with van der Waals surface area (Å²) in [6, 6.07) is 15.1. The Morgan fingerprint density at radius 1 is 1.08 bits per heavy atom. The van der Waals surface area contributed by atoms with Crippen molar-refractivity contribution in [2.45, 2.75) is 33.1 Å². The van der Waals surface area contributed by atoms with Gasteiger partial charge in [-0.1, -0.05) is 50.2 Å². The third-order valence-electron chi connectivity index (χ3n) is 3.92. The van der Waals surface area contributed by atoms with Crippen molar-refractivity contribution >= 4 is 11.6 Å². The van der Waals surface area contributed by atoms with Crippen LogP contribution in [0.3, 0.4) is 0 Å². The SMILES string of the molecule is Cc1nc(-c2cccc(NC(=O)c3ccc(C(C)(C)C)cc3)c2)no1. The highest BCUT2D eigenvalue weighted by Crippen LogP contribution is 2.23. The molecular formula is C20H21N3O2. The average Bonchev–Trinajstić information content (AvgIpc) is 3.01. The maximum Gasteiger partial charge on any atom is 0.255 e. The van der Waals surface area contributed by atoms with Gasteiger partial charge in [-0.2, -0.15) is 4.98 Å². The number of nitrogens with zero attached hydrogens (tertiary/aromatic N) is 2. The Hall–Kier alpha value is -2.95. The highest BCUT2D eigenvalue weighted by molar-refractivity contribution is 6.04. The number of rotatable bonds is 3. The van der Waals surface area contributed by atoms with Crippen molar-refractivity contribution in [1.82, 2.24) is 10.1 Å². The first-order valence-electron chi connectivity index (χ1n) is 8.15. The molecule has 1 N–H and O–H groups in total. The molecule has 0 aliphatic rings. The summed E-state index contributed by atoms with van der Waals surface area (Å²) in [6.45, 7) is 8.18. The Bertz CT molecular complexity index is 890. The normalized spacial score (nSPS) is 11.4. The van der Waals surface area contributed by atoms with Crippen LogP contribution in [-0.4, -0.2) is 16.0 Å². The minimum atomic E-state index is -0.151. The fraction of sp³-hybridized carbons (Fsp3) is 0.250. The molecule has 0 aliphatic heterocycles. The number of hydrogen-bond donors (Lipinski definition) is 1. The largest absolute Gasteiger partial charge is 0.339 e. The Morgan fingerprint density at radius 3 is 2.40 bits per heavy atom. The molecular weight excluding hydrogens is 314 g/mol. The number of anilines is 1. The van der Waals surface area contributed by atoms with Gasteiger partial charge >= 0.3 is 0 Å². The molecule has 0 saturated carbocycles. The van der Waals surface area contributed by atoms with E-state index in [0.717, 1.165) is 5.56 Å². The Kier molecular flexibility index (Phi) is 4.40. The Morgan fingerprint density at radius 2 is 1.80 bits per heavy atom. The molecule has 1 amide bonds. The van der Waals surface area contributed by atoms with Crippen LogP contribution in [0, 0.1) is 6.92 Å². The van der Waals surface area contributed by atoms with Gasteiger partial charge in [0, 0.05) is 23.7 Å². The van der Waals surface area contributed by atoms with Crippen LogP contribution < -0.4 is 5.32 Å². The highest BCUT2D eigenvalue weighted by atomic mass is 16.5. The predicted octanol–water partition coefficient (Wildman–Crippen LogP) is 4.59. The molecule has 0 saturated heterocycles. The van der Waals surface area contributed by atoms with Crippen molar-refractivity contribution in [3.05, 3.63) is 65.5 Å². The van der Waals surface area contributed by atoms with E-state index in [-0.39, 0.29) is 11.3 Å². The summed E-state index contributed by atoms with van der Waals surface area (Å²) < 4.78 is 5.00. The number of nitrogens with one attached hydrogen (secondary N) is 1. The summed E-state index contributed by atoms with van der Waals surface area (Å²) in [5.41, 5.74) is 3.35. The number of aryl methyl sites for hydroxylation is 1. The molecule has 0 spiro atoms. The first-order chi connectivity index (χ1) is 11.8. The summed E-state index contributed by atoms with van der Waals surface area (Å²) in [5, 5.41) is 6.81. The Balaban J connectivity index is 1.77. The molecule has 3 aromatic rings. The molecule has 128 valence electrons. The van der Waals surface area contributed by atoms with E-state index in [4.69, 9.17) is 4.52 Å². The summed E-state index contributed by atoms with van der Waals surface area (Å²) in [4.78, 5) is 16.7. The van der Waals surface area contributed by atoms with Gasteiger partial charge in [-0.15, -0.1) is 0 Å². The number of hydrogen-bond acceptors (Lipinski definition) is 4. The van der Waals surface area contributed by atoms with E-state index in [1.165, 1.54) is 5.56 Å². The lowest BCUT2D eigenvalue weighted by molar-refractivity contribution is 0.102. The van der Waals surface area contributed by atoms with Crippen molar-refractivity contribution in [3.63, 3.8) is 0 Å². The highest BCUT2D eigenvalue weighted by Gasteiger charge is 2.14. The fourth-order valence-electron chi connectivity index (χ4n) is 2.48.